The Hall–Kier alpha value is -0.690. The van der Waals surface area contributed by atoms with Gasteiger partial charge in [-0.1, -0.05) is 15.9 Å². The second-order valence-corrected chi connectivity index (χ2v) is 5.37. The largest absolute Gasteiger partial charge is 0.488 e. The number of halogens is 2. The highest BCUT2D eigenvalue weighted by molar-refractivity contribution is 9.10. The number of benzene rings is 1. The number of hydrogen-bond acceptors (Lipinski definition) is 4. The van der Waals surface area contributed by atoms with Crippen LogP contribution in [0.1, 0.15) is 0 Å². The molecule has 0 saturated carbocycles. The smallest absolute Gasteiger partial charge is 0.165 e. The van der Waals surface area contributed by atoms with Gasteiger partial charge in [-0.25, -0.2) is 4.39 Å². The van der Waals surface area contributed by atoms with Crippen molar-refractivity contribution < 1.29 is 19.0 Å². The van der Waals surface area contributed by atoms with Gasteiger partial charge in [-0.3, -0.25) is 4.90 Å². The maximum atomic E-state index is 13.4. The van der Waals surface area contributed by atoms with Gasteiger partial charge in [0.15, 0.2) is 11.6 Å². The van der Waals surface area contributed by atoms with E-state index >= 15 is 0 Å². The van der Waals surface area contributed by atoms with Crippen LogP contribution in [0.4, 0.5) is 4.39 Å². The minimum Gasteiger partial charge on any atom is -0.488 e. The van der Waals surface area contributed by atoms with Gasteiger partial charge in [0.05, 0.1) is 13.2 Å². The lowest BCUT2D eigenvalue weighted by Gasteiger charge is -2.28. The van der Waals surface area contributed by atoms with Gasteiger partial charge >= 0.3 is 0 Å². The molecular weight excluding hydrogens is 317 g/mol. The Kier molecular flexibility index (Phi) is 5.57. The van der Waals surface area contributed by atoms with Crippen molar-refractivity contribution in [3.05, 3.63) is 28.5 Å². The predicted octanol–water partition coefficient (Wildman–Crippen LogP) is 1.66. The fraction of sp³-hybridized carbons (Fsp3) is 0.538. The maximum absolute atomic E-state index is 13.4. The molecule has 1 N–H and O–H groups in total. The minimum atomic E-state index is -0.642. The summed E-state index contributed by atoms with van der Waals surface area (Å²) in [5.74, 6) is -0.280. The van der Waals surface area contributed by atoms with E-state index in [4.69, 9.17) is 9.47 Å². The van der Waals surface area contributed by atoms with Crippen LogP contribution in [-0.2, 0) is 4.74 Å². The molecule has 1 saturated heterocycles. The van der Waals surface area contributed by atoms with Crippen molar-refractivity contribution in [2.24, 2.45) is 0 Å². The van der Waals surface area contributed by atoms with Crippen LogP contribution in [0.15, 0.2) is 22.7 Å². The van der Waals surface area contributed by atoms with Crippen molar-refractivity contribution in [1.82, 2.24) is 4.90 Å². The third kappa shape index (κ3) is 4.72. The Bertz CT molecular complexity index is 413. The van der Waals surface area contributed by atoms with Gasteiger partial charge in [-0.2, -0.15) is 0 Å². The molecular formula is C13H17BrFNO3. The Morgan fingerprint density at radius 1 is 1.42 bits per heavy atom. The molecule has 6 heteroatoms. The summed E-state index contributed by atoms with van der Waals surface area (Å²) in [6, 6.07) is 4.48. The first-order valence-electron chi connectivity index (χ1n) is 6.21. The number of β-amino-alcohol motifs (C(OH)–C–C–N with tert-alkyl or cyclic N) is 1. The van der Waals surface area contributed by atoms with E-state index in [9.17, 15) is 9.50 Å². The summed E-state index contributed by atoms with van der Waals surface area (Å²) in [4.78, 5) is 2.11. The van der Waals surface area contributed by atoms with E-state index in [0.29, 0.717) is 19.8 Å². The van der Waals surface area contributed by atoms with Crippen molar-refractivity contribution >= 4 is 15.9 Å². The number of ether oxygens (including phenoxy) is 2. The predicted molar refractivity (Wildman–Crippen MR) is 72.9 cm³/mol. The van der Waals surface area contributed by atoms with E-state index < -0.39 is 11.9 Å². The van der Waals surface area contributed by atoms with Crippen molar-refractivity contribution in [3.63, 3.8) is 0 Å². The molecule has 0 bridgehead atoms. The molecule has 0 aliphatic carbocycles. The van der Waals surface area contributed by atoms with E-state index in [0.717, 1.165) is 17.6 Å². The maximum Gasteiger partial charge on any atom is 0.165 e. The topological polar surface area (TPSA) is 41.9 Å². The van der Waals surface area contributed by atoms with E-state index in [1.165, 1.54) is 6.07 Å². The highest BCUT2D eigenvalue weighted by atomic mass is 79.9. The van der Waals surface area contributed by atoms with Crippen LogP contribution in [0.2, 0.25) is 0 Å². The molecule has 4 nitrogen and oxygen atoms in total. The fourth-order valence-corrected chi connectivity index (χ4v) is 2.25. The van der Waals surface area contributed by atoms with Crippen LogP contribution in [0.5, 0.6) is 5.75 Å². The highest BCUT2D eigenvalue weighted by Crippen LogP contribution is 2.22. The molecule has 1 aliphatic heterocycles. The molecule has 106 valence electrons. The average molecular weight is 334 g/mol. The number of aliphatic hydroxyl groups excluding tert-OH is 1. The number of rotatable bonds is 5. The number of nitrogens with zero attached hydrogens (tertiary/aromatic N) is 1. The van der Waals surface area contributed by atoms with Crippen LogP contribution in [0, 0.1) is 5.82 Å². The summed E-state index contributed by atoms with van der Waals surface area (Å²) in [5, 5.41) is 9.88. The van der Waals surface area contributed by atoms with Gasteiger partial charge in [-0.05, 0) is 18.2 Å². The molecule has 1 heterocycles. The second kappa shape index (κ2) is 7.19. The zero-order valence-electron chi connectivity index (χ0n) is 10.5. The van der Waals surface area contributed by atoms with E-state index in [2.05, 4.69) is 20.8 Å². The molecule has 19 heavy (non-hydrogen) atoms. The minimum absolute atomic E-state index is 0.0741. The lowest BCUT2D eigenvalue weighted by Crippen LogP contribution is -2.42. The molecule has 1 fully saturated rings. The van der Waals surface area contributed by atoms with Crippen LogP contribution < -0.4 is 4.74 Å². The molecule has 1 unspecified atom stereocenters. The summed E-state index contributed by atoms with van der Waals surface area (Å²) in [7, 11) is 0. The third-order valence-corrected chi connectivity index (χ3v) is 3.39. The SMILES string of the molecule is OC(COc1cc(Br)ccc1F)CN1CCOCC1. The van der Waals surface area contributed by atoms with Gasteiger partial charge < -0.3 is 14.6 Å². The molecule has 0 aromatic heterocycles. The standard InChI is InChI=1S/C13H17BrFNO3/c14-10-1-2-12(15)13(7-10)19-9-11(17)8-16-3-5-18-6-4-16/h1-2,7,11,17H,3-6,8-9H2. The lowest BCUT2D eigenvalue weighted by molar-refractivity contribution is 0.00433. The molecule has 1 aliphatic rings. The monoisotopic (exact) mass is 333 g/mol. The normalized spacial score (nSPS) is 18.3. The zero-order chi connectivity index (χ0) is 13.7. The molecule has 2 rings (SSSR count). The van der Waals surface area contributed by atoms with Gasteiger partial charge in [-0.15, -0.1) is 0 Å². The highest BCUT2D eigenvalue weighted by Gasteiger charge is 2.16. The Balaban J connectivity index is 1.79. The van der Waals surface area contributed by atoms with E-state index in [1.807, 2.05) is 0 Å². The summed E-state index contributed by atoms with van der Waals surface area (Å²) in [5.41, 5.74) is 0. The third-order valence-electron chi connectivity index (χ3n) is 2.90. The Morgan fingerprint density at radius 2 is 2.16 bits per heavy atom. The van der Waals surface area contributed by atoms with E-state index in [1.54, 1.807) is 12.1 Å². The number of aliphatic hydroxyl groups is 1. The number of morpholine rings is 1. The molecule has 0 spiro atoms. The van der Waals surface area contributed by atoms with Crippen molar-refractivity contribution in [2.75, 3.05) is 39.5 Å². The van der Waals surface area contributed by atoms with Crippen molar-refractivity contribution in [3.8, 4) is 5.75 Å². The lowest BCUT2D eigenvalue weighted by atomic mass is 10.3. The first-order valence-corrected chi connectivity index (χ1v) is 7.00. The van der Waals surface area contributed by atoms with Crippen molar-refractivity contribution in [1.29, 1.82) is 0 Å². The van der Waals surface area contributed by atoms with Crippen LogP contribution >= 0.6 is 15.9 Å². The first kappa shape index (κ1) is 14.7. The quantitative estimate of drug-likeness (QED) is 0.889. The summed E-state index contributed by atoms with van der Waals surface area (Å²) < 4.78 is 24.7. The Morgan fingerprint density at radius 3 is 2.89 bits per heavy atom. The summed E-state index contributed by atoms with van der Waals surface area (Å²) in [6.45, 7) is 3.58. The molecule has 0 amide bonds. The zero-order valence-corrected chi connectivity index (χ0v) is 12.1. The van der Waals surface area contributed by atoms with Crippen LogP contribution in [0.3, 0.4) is 0 Å². The molecule has 0 radical (unpaired) electrons. The Labute approximate surface area is 120 Å². The summed E-state index contributed by atoms with van der Waals surface area (Å²) in [6.07, 6.45) is -0.642. The van der Waals surface area contributed by atoms with Crippen molar-refractivity contribution in [2.45, 2.75) is 6.10 Å². The molecule has 1 aromatic rings. The van der Waals surface area contributed by atoms with Crippen LogP contribution in [0.25, 0.3) is 0 Å². The van der Waals surface area contributed by atoms with Gasteiger partial charge in [0, 0.05) is 24.1 Å². The second-order valence-electron chi connectivity index (χ2n) is 4.45. The van der Waals surface area contributed by atoms with Gasteiger partial charge in [0.1, 0.15) is 12.7 Å². The van der Waals surface area contributed by atoms with Gasteiger partial charge in [0.25, 0.3) is 0 Å². The van der Waals surface area contributed by atoms with Crippen LogP contribution in [-0.4, -0.2) is 55.6 Å². The average Bonchev–Trinajstić information content (AvgIpc) is 2.41. The first-order chi connectivity index (χ1) is 9.15. The van der Waals surface area contributed by atoms with Gasteiger partial charge in [0.2, 0.25) is 0 Å². The van der Waals surface area contributed by atoms with E-state index in [-0.39, 0.29) is 12.4 Å². The number of hydrogen-bond donors (Lipinski definition) is 1. The molecule has 1 atom stereocenters. The summed E-state index contributed by atoms with van der Waals surface area (Å²) >= 11 is 3.25. The molecule has 1 aromatic carbocycles. The fourth-order valence-electron chi connectivity index (χ4n) is 1.91.